The zero-order valence-electron chi connectivity index (χ0n) is 12.1. The first-order chi connectivity index (χ1) is 9.69. The summed E-state index contributed by atoms with van der Waals surface area (Å²) in [5.41, 5.74) is 1.54. The van der Waals surface area contributed by atoms with Crippen molar-refractivity contribution in [3.8, 4) is 5.75 Å². The van der Waals surface area contributed by atoms with Gasteiger partial charge in [0.15, 0.2) is 11.6 Å². The van der Waals surface area contributed by atoms with Gasteiger partial charge in [-0.15, -0.1) is 0 Å². The van der Waals surface area contributed by atoms with Gasteiger partial charge in [0, 0.05) is 5.56 Å². The SMILES string of the molecule is CCCNC(c1cccc(OC)c1F)c1occc1C. The van der Waals surface area contributed by atoms with Crippen molar-refractivity contribution in [2.75, 3.05) is 13.7 Å². The van der Waals surface area contributed by atoms with Gasteiger partial charge in [-0.3, -0.25) is 0 Å². The molecule has 0 radical (unpaired) electrons. The maximum atomic E-state index is 14.5. The van der Waals surface area contributed by atoms with E-state index < -0.39 is 0 Å². The molecule has 1 N–H and O–H groups in total. The second-order valence-electron chi connectivity index (χ2n) is 4.72. The van der Waals surface area contributed by atoms with Gasteiger partial charge in [-0.2, -0.15) is 0 Å². The normalized spacial score (nSPS) is 12.4. The highest BCUT2D eigenvalue weighted by atomic mass is 19.1. The summed E-state index contributed by atoms with van der Waals surface area (Å²) in [5.74, 6) is 0.639. The Kier molecular flexibility index (Phi) is 4.79. The fraction of sp³-hybridized carbons (Fsp3) is 0.375. The van der Waals surface area contributed by atoms with E-state index in [0.717, 1.165) is 24.3 Å². The summed E-state index contributed by atoms with van der Waals surface area (Å²) in [4.78, 5) is 0. The number of benzene rings is 1. The fourth-order valence-corrected chi connectivity index (χ4v) is 2.22. The molecule has 3 nitrogen and oxygen atoms in total. The minimum Gasteiger partial charge on any atom is -0.494 e. The second kappa shape index (κ2) is 6.57. The summed E-state index contributed by atoms with van der Waals surface area (Å²) in [5, 5.41) is 3.33. The summed E-state index contributed by atoms with van der Waals surface area (Å²) in [6.07, 6.45) is 2.59. The Balaban J connectivity index is 2.44. The summed E-state index contributed by atoms with van der Waals surface area (Å²) < 4.78 is 25.1. The molecule has 1 heterocycles. The molecule has 0 fully saturated rings. The Hall–Kier alpha value is -1.81. The first-order valence-electron chi connectivity index (χ1n) is 6.78. The van der Waals surface area contributed by atoms with Gasteiger partial charge in [0.25, 0.3) is 0 Å². The molecule has 108 valence electrons. The predicted molar refractivity (Wildman–Crippen MR) is 76.5 cm³/mol. The molecule has 20 heavy (non-hydrogen) atoms. The molecule has 0 aliphatic carbocycles. The maximum absolute atomic E-state index is 14.5. The molecule has 0 spiro atoms. The quantitative estimate of drug-likeness (QED) is 0.871. The highest BCUT2D eigenvalue weighted by molar-refractivity contribution is 5.37. The average molecular weight is 277 g/mol. The smallest absolute Gasteiger partial charge is 0.170 e. The summed E-state index contributed by atoms with van der Waals surface area (Å²) in [6.45, 7) is 4.81. The van der Waals surface area contributed by atoms with Crippen LogP contribution >= 0.6 is 0 Å². The standard InChI is InChI=1S/C16H20FNO2/c1-4-9-18-15(16-11(2)8-10-20-16)12-6-5-7-13(19-3)14(12)17/h5-8,10,15,18H,4,9H2,1-3H3. The Morgan fingerprint density at radius 1 is 1.35 bits per heavy atom. The van der Waals surface area contributed by atoms with Crippen LogP contribution in [-0.2, 0) is 0 Å². The Morgan fingerprint density at radius 2 is 2.15 bits per heavy atom. The van der Waals surface area contributed by atoms with Crippen LogP contribution in [-0.4, -0.2) is 13.7 Å². The lowest BCUT2D eigenvalue weighted by molar-refractivity contribution is 0.376. The van der Waals surface area contributed by atoms with Crippen LogP contribution in [0, 0.1) is 12.7 Å². The van der Waals surface area contributed by atoms with E-state index >= 15 is 0 Å². The monoisotopic (exact) mass is 277 g/mol. The molecule has 2 rings (SSSR count). The van der Waals surface area contributed by atoms with Crippen LogP contribution in [0.2, 0.25) is 0 Å². The lowest BCUT2D eigenvalue weighted by atomic mass is 10.0. The molecule has 4 heteroatoms. The first kappa shape index (κ1) is 14.6. The fourth-order valence-electron chi connectivity index (χ4n) is 2.22. The molecule has 0 aliphatic rings. The van der Waals surface area contributed by atoms with Gasteiger partial charge in [0.05, 0.1) is 19.4 Å². The van der Waals surface area contributed by atoms with E-state index in [1.165, 1.54) is 7.11 Å². The van der Waals surface area contributed by atoms with E-state index in [1.54, 1.807) is 24.5 Å². The lowest BCUT2D eigenvalue weighted by Gasteiger charge is -2.19. The number of hydrogen-bond donors (Lipinski definition) is 1. The van der Waals surface area contributed by atoms with Crippen molar-refractivity contribution in [3.63, 3.8) is 0 Å². The highest BCUT2D eigenvalue weighted by Crippen LogP contribution is 2.31. The summed E-state index contributed by atoms with van der Waals surface area (Å²) in [6, 6.07) is 6.74. The zero-order chi connectivity index (χ0) is 14.5. The number of ether oxygens (including phenoxy) is 1. The first-order valence-corrected chi connectivity index (χ1v) is 6.78. The maximum Gasteiger partial charge on any atom is 0.170 e. The van der Waals surface area contributed by atoms with Crippen LogP contribution in [0.3, 0.4) is 0 Å². The highest BCUT2D eigenvalue weighted by Gasteiger charge is 2.23. The number of furan rings is 1. The Bertz CT molecular complexity index is 565. The van der Waals surface area contributed by atoms with Crippen molar-refractivity contribution in [2.24, 2.45) is 0 Å². The molecule has 2 aromatic rings. The van der Waals surface area contributed by atoms with Gasteiger partial charge in [0.2, 0.25) is 0 Å². The number of nitrogens with one attached hydrogen (secondary N) is 1. The molecular formula is C16H20FNO2. The van der Waals surface area contributed by atoms with Crippen molar-refractivity contribution in [1.29, 1.82) is 0 Å². The molecule has 1 aromatic heterocycles. The summed E-state index contributed by atoms with van der Waals surface area (Å²) >= 11 is 0. The number of aryl methyl sites for hydroxylation is 1. The lowest BCUT2D eigenvalue weighted by Crippen LogP contribution is -2.24. The molecule has 0 saturated heterocycles. The van der Waals surface area contributed by atoms with Gasteiger partial charge in [-0.05, 0) is 37.6 Å². The van der Waals surface area contributed by atoms with Crippen LogP contribution in [0.4, 0.5) is 4.39 Å². The van der Waals surface area contributed by atoms with Gasteiger partial charge in [0.1, 0.15) is 5.76 Å². The molecule has 1 unspecified atom stereocenters. The van der Waals surface area contributed by atoms with E-state index in [2.05, 4.69) is 12.2 Å². The molecule has 1 aromatic carbocycles. The average Bonchev–Trinajstić information content (AvgIpc) is 2.87. The predicted octanol–water partition coefficient (Wildman–Crippen LogP) is 3.82. The summed E-state index contributed by atoms with van der Waals surface area (Å²) in [7, 11) is 1.47. The molecular weight excluding hydrogens is 257 g/mol. The number of methoxy groups -OCH3 is 1. The third-order valence-corrected chi connectivity index (χ3v) is 3.29. The van der Waals surface area contributed by atoms with Crippen molar-refractivity contribution in [3.05, 3.63) is 53.2 Å². The van der Waals surface area contributed by atoms with E-state index in [-0.39, 0.29) is 17.6 Å². The van der Waals surface area contributed by atoms with Crippen molar-refractivity contribution in [1.82, 2.24) is 5.32 Å². The van der Waals surface area contributed by atoms with Crippen LogP contribution < -0.4 is 10.1 Å². The minimum atomic E-state index is -0.348. The third kappa shape index (κ3) is 2.85. The molecule has 1 atom stereocenters. The Morgan fingerprint density at radius 3 is 2.75 bits per heavy atom. The van der Waals surface area contributed by atoms with E-state index in [9.17, 15) is 4.39 Å². The van der Waals surface area contributed by atoms with Gasteiger partial charge in [-0.25, -0.2) is 4.39 Å². The number of hydrogen-bond acceptors (Lipinski definition) is 3. The van der Waals surface area contributed by atoms with Crippen molar-refractivity contribution in [2.45, 2.75) is 26.3 Å². The topological polar surface area (TPSA) is 34.4 Å². The number of rotatable bonds is 6. The van der Waals surface area contributed by atoms with Crippen LogP contribution in [0.15, 0.2) is 34.9 Å². The minimum absolute atomic E-state index is 0.245. The van der Waals surface area contributed by atoms with Gasteiger partial charge >= 0.3 is 0 Å². The van der Waals surface area contributed by atoms with E-state index in [1.807, 2.05) is 13.0 Å². The van der Waals surface area contributed by atoms with E-state index in [4.69, 9.17) is 9.15 Å². The van der Waals surface area contributed by atoms with Crippen molar-refractivity contribution >= 4 is 0 Å². The van der Waals surface area contributed by atoms with Crippen molar-refractivity contribution < 1.29 is 13.5 Å². The number of halogens is 1. The molecule has 0 bridgehead atoms. The van der Waals surface area contributed by atoms with Crippen LogP contribution in [0.5, 0.6) is 5.75 Å². The van der Waals surface area contributed by atoms with Gasteiger partial charge in [-0.1, -0.05) is 19.1 Å². The van der Waals surface area contributed by atoms with E-state index in [0.29, 0.717) is 5.56 Å². The zero-order valence-corrected chi connectivity index (χ0v) is 12.1. The third-order valence-electron chi connectivity index (χ3n) is 3.29. The molecule has 0 aliphatic heterocycles. The van der Waals surface area contributed by atoms with Crippen LogP contribution in [0.1, 0.15) is 36.3 Å². The molecule has 0 amide bonds. The van der Waals surface area contributed by atoms with Crippen LogP contribution in [0.25, 0.3) is 0 Å². The second-order valence-corrected chi connectivity index (χ2v) is 4.72. The van der Waals surface area contributed by atoms with Gasteiger partial charge < -0.3 is 14.5 Å². The largest absolute Gasteiger partial charge is 0.494 e. The Labute approximate surface area is 118 Å². The molecule has 0 saturated carbocycles.